The Balaban J connectivity index is 1.68. The molecule has 114 valence electrons. The standard InChI is InChI=1S/C15H14ClN3O2S/c16-11-4-2-1-3-9(11)7-10-8-18-14(22-10)19-13(21)15(5-6-15)12(17)20/h1-4,8H,5-7H2,(H2,17,20)(H,18,19,21). The Labute approximate surface area is 136 Å². The molecule has 7 heteroatoms. The second kappa shape index (κ2) is 5.70. The van der Waals surface area contributed by atoms with E-state index in [1.54, 1.807) is 6.20 Å². The first-order valence-electron chi connectivity index (χ1n) is 6.81. The fraction of sp³-hybridized carbons (Fsp3) is 0.267. The van der Waals surface area contributed by atoms with Crippen molar-refractivity contribution in [2.45, 2.75) is 19.3 Å². The van der Waals surface area contributed by atoms with Gasteiger partial charge in [-0.05, 0) is 24.5 Å². The molecule has 2 aromatic rings. The zero-order chi connectivity index (χ0) is 15.7. The quantitative estimate of drug-likeness (QED) is 0.823. The number of primary amides is 1. The molecule has 1 aliphatic carbocycles. The summed E-state index contributed by atoms with van der Waals surface area (Å²) < 4.78 is 0. The molecule has 0 unspecified atom stereocenters. The number of rotatable bonds is 5. The van der Waals surface area contributed by atoms with Crippen LogP contribution in [0.5, 0.6) is 0 Å². The Kier molecular flexibility index (Phi) is 3.88. The molecule has 22 heavy (non-hydrogen) atoms. The van der Waals surface area contributed by atoms with E-state index in [1.165, 1.54) is 11.3 Å². The van der Waals surface area contributed by atoms with Crippen LogP contribution in [-0.4, -0.2) is 16.8 Å². The molecule has 0 spiro atoms. The number of benzene rings is 1. The lowest BCUT2D eigenvalue weighted by Crippen LogP contribution is -2.36. The molecule has 0 aliphatic heterocycles. The molecule has 1 aromatic carbocycles. The number of amides is 2. The number of halogens is 1. The molecular formula is C15H14ClN3O2S. The van der Waals surface area contributed by atoms with Crippen molar-refractivity contribution in [2.24, 2.45) is 11.1 Å². The molecule has 0 atom stereocenters. The van der Waals surface area contributed by atoms with Crippen LogP contribution in [0.15, 0.2) is 30.5 Å². The molecule has 1 saturated carbocycles. The average Bonchev–Trinajstić information content (AvgIpc) is 3.19. The van der Waals surface area contributed by atoms with E-state index >= 15 is 0 Å². The minimum Gasteiger partial charge on any atom is -0.369 e. The number of thiazole rings is 1. The first-order valence-corrected chi connectivity index (χ1v) is 8.00. The van der Waals surface area contributed by atoms with E-state index in [-0.39, 0.29) is 5.91 Å². The highest BCUT2D eigenvalue weighted by atomic mass is 35.5. The van der Waals surface area contributed by atoms with Crippen LogP contribution in [0.4, 0.5) is 5.13 Å². The molecule has 2 amide bonds. The first-order chi connectivity index (χ1) is 10.5. The molecule has 1 aliphatic rings. The molecule has 0 bridgehead atoms. The van der Waals surface area contributed by atoms with Crippen LogP contribution in [0.2, 0.25) is 5.02 Å². The van der Waals surface area contributed by atoms with Crippen LogP contribution in [0.3, 0.4) is 0 Å². The topological polar surface area (TPSA) is 85.1 Å². The molecule has 0 radical (unpaired) electrons. The predicted octanol–water partition coefficient (Wildman–Crippen LogP) is 2.59. The number of hydrogen-bond acceptors (Lipinski definition) is 4. The van der Waals surface area contributed by atoms with Crippen LogP contribution in [0.25, 0.3) is 0 Å². The van der Waals surface area contributed by atoms with Gasteiger partial charge in [0.05, 0.1) is 0 Å². The second-order valence-electron chi connectivity index (χ2n) is 5.30. The van der Waals surface area contributed by atoms with Crippen LogP contribution in [-0.2, 0) is 16.0 Å². The predicted molar refractivity (Wildman–Crippen MR) is 85.9 cm³/mol. The summed E-state index contributed by atoms with van der Waals surface area (Å²) in [5, 5.41) is 3.85. The molecule has 1 aromatic heterocycles. The summed E-state index contributed by atoms with van der Waals surface area (Å²) in [4.78, 5) is 28.6. The largest absolute Gasteiger partial charge is 0.369 e. The number of nitrogens with one attached hydrogen (secondary N) is 1. The lowest BCUT2D eigenvalue weighted by Gasteiger charge is -2.09. The number of carbonyl (C=O) groups excluding carboxylic acids is 2. The highest BCUT2D eigenvalue weighted by molar-refractivity contribution is 7.15. The first kappa shape index (κ1) is 15.0. The Hall–Kier alpha value is -1.92. The average molecular weight is 336 g/mol. The van der Waals surface area contributed by atoms with Gasteiger partial charge in [-0.2, -0.15) is 0 Å². The van der Waals surface area contributed by atoms with Crippen LogP contribution >= 0.6 is 22.9 Å². The Bertz CT molecular complexity index is 740. The summed E-state index contributed by atoms with van der Waals surface area (Å²) in [5.41, 5.74) is 5.25. The number of carbonyl (C=O) groups is 2. The highest BCUT2D eigenvalue weighted by Crippen LogP contribution is 2.46. The van der Waals surface area contributed by atoms with Gasteiger partial charge in [-0.3, -0.25) is 9.59 Å². The number of nitrogens with zero attached hydrogens (tertiary/aromatic N) is 1. The zero-order valence-electron chi connectivity index (χ0n) is 11.6. The van der Waals surface area contributed by atoms with E-state index in [0.717, 1.165) is 10.4 Å². The van der Waals surface area contributed by atoms with Crippen molar-refractivity contribution in [2.75, 3.05) is 5.32 Å². The molecule has 5 nitrogen and oxygen atoms in total. The van der Waals surface area contributed by atoms with E-state index in [4.69, 9.17) is 17.3 Å². The molecule has 1 heterocycles. The maximum atomic E-state index is 12.1. The molecule has 3 N–H and O–H groups in total. The normalized spacial score (nSPS) is 15.3. The lowest BCUT2D eigenvalue weighted by atomic mass is 10.1. The third-order valence-electron chi connectivity index (χ3n) is 3.75. The van der Waals surface area contributed by atoms with Crippen molar-refractivity contribution in [3.63, 3.8) is 0 Å². The van der Waals surface area contributed by atoms with Gasteiger partial charge in [0.25, 0.3) is 0 Å². The minimum absolute atomic E-state index is 0.362. The molecule has 0 saturated heterocycles. The van der Waals surface area contributed by atoms with E-state index in [9.17, 15) is 9.59 Å². The van der Waals surface area contributed by atoms with Gasteiger partial charge in [-0.25, -0.2) is 4.98 Å². The number of anilines is 1. The van der Waals surface area contributed by atoms with Crippen LogP contribution in [0, 0.1) is 5.41 Å². The monoisotopic (exact) mass is 335 g/mol. The van der Waals surface area contributed by atoms with Crippen molar-refractivity contribution >= 4 is 39.9 Å². The van der Waals surface area contributed by atoms with Crippen molar-refractivity contribution in [1.29, 1.82) is 0 Å². The smallest absolute Gasteiger partial charge is 0.241 e. The van der Waals surface area contributed by atoms with Gasteiger partial charge in [-0.1, -0.05) is 29.8 Å². The lowest BCUT2D eigenvalue weighted by molar-refractivity contribution is -0.132. The van der Waals surface area contributed by atoms with Crippen molar-refractivity contribution in [1.82, 2.24) is 4.98 Å². The molecule has 3 rings (SSSR count). The van der Waals surface area contributed by atoms with Gasteiger partial charge < -0.3 is 11.1 Å². The summed E-state index contributed by atoms with van der Waals surface area (Å²) >= 11 is 7.50. The van der Waals surface area contributed by atoms with E-state index in [2.05, 4.69) is 10.3 Å². The zero-order valence-corrected chi connectivity index (χ0v) is 13.2. The molecule has 1 fully saturated rings. The maximum Gasteiger partial charge on any atom is 0.241 e. The van der Waals surface area contributed by atoms with E-state index < -0.39 is 11.3 Å². The number of aromatic nitrogens is 1. The summed E-state index contributed by atoms with van der Waals surface area (Å²) in [5.74, 6) is -0.934. The van der Waals surface area contributed by atoms with Crippen molar-refractivity contribution in [3.8, 4) is 0 Å². The third kappa shape index (κ3) is 2.84. The fourth-order valence-electron chi connectivity index (χ4n) is 2.20. The van der Waals surface area contributed by atoms with E-state index in [1.807, 2.05) is 24.3 Å². The number of hydrogen-bond donors (Lipinski definition) is 2. The van der Waals surface area contributed by atoms with Gasteiger partial charge >= 0.3 is 0 Å². The fourth-order valence-corrected chi connectivity index (χ4v) is 3.24. The summed E-state index contributed by atoms with van der Waals surface area (Å²) in [7, 11) is 0. The van der Waals surface area contributed by atoms with Gasteiger partial charge in [0.2, 0.25) is 11.8 Å². The maximum absolute atomic E-state index is 12.1. The number of nitrogens with two attached hydrogens (primary N) is 1. The highest BCUT2D eigenvalue weighted by Gasteiger charge is 2.55. The minimum atomic E-state index is -1.03. The van der Waals surface area contributed by atoms with Crippen molar-refractivity contribution in [3.05, 3.63) is 45.9 Å². The Morgan fingerprint density at radius 3 is 2.73 bits per heavy atom. The molecular weight excluding hydrogens is 322 g/mol. The van der Waals surface area contributed by atoms with Crippen LogP contribution in [0.1, 0.15) is 23.3 Å². The second-order valence-corrected chi connectivity index (χ2v) is 6.82. The SMILES string of the molecule is NC(=O)C1(C(=O)Nc2ncc(Cc3ccccc3Cl)s2)CC1. The van der Waals surface area contributed by atoms with Gasteiger partial charge in [0, 0.05) is 22.5 Å². The summed E-state index contributed by atoms with van der Waals surface area (Å²) in [6.07, 6.45) is 3.36. The van der Waals surface area contributed by atoms with Gasteiger partial charge in [0.1, 0.15) is 5.41 Å². The summed E-state index contributed by atoms with van der Waals surface area (Å²) in [6, 6.07) is 7.59. The van der Waals surface area contributed by atoms with Gasteiger partial charge in [0.15, 0.2) is 5.13 Å². The van der Waals surface area contributed by atoms with E-state index in [0.29, 0.717) is 29.4 Å². The van der Waals surface area contributed by atoms with Gasteiger partial charge in [-0.15, -0.1) is 11.3 Å². The van der Waals surface area contributed by atoms with Crippen molar-refractivity contribution < 1.29 is 9.59 Å². The Morgan fingerprint density at radius 1 is 1.36 bits per heavy atom. The van der Waals surface area contributed by atoms with Crippen LogP contribution < -0.4 is 11.1 Å². The summed E-state index contributed by atoms with van der Waals surface area (Å²) in [6.45, 7) is 0. The Morgan fingerprint density at radius 2 is 2.09 bits per heavy atom. The third-order valence-corrected chi connectivity index (χ3v) is 5.03.